The van der Waals surface area contributed by atoms with Crippen LogP contribution in [-0.2, 0) is 16.7 Å². The lowest BCUT2D eigenvalue weighted by atomic mass is 10.2. The molecule has 0 unspecified atom stereocenters. The lowest BCUT2D eigenvalue weighted by Crippen LogP contribution is -2.07. The molecule has 0 saturated carbocycles. The van der Waals surface area contributed by atoms with Crippen molar-refractivity contribution >= 4 is 60.4 Å². The van der Waals surface area contributed by atoms with Crippen LogP contribution in [0.3, 0.4) is 0 Å². The molecule has 0 aliphatic carbocycles. The van der Waals surface area contributed by atoms with E-state index in [0.717, 1.165) is 18.9 Å². The van der Waals surface area contributed by atoms with E-state index in [-0.39, 0.29) is 5.97 Å². The van der Waals surface area contributed by atoms with Gasteiger partial charge in [0, 0.05) is 13.4 Å². The number of ether oxygens (including phenoxy) is 1. The van der Waals surface area contributed by atoms with Gasteiger partial charge in [-0.3, -0.25) is 0 Å². The number of carbonyl (C=O) groups excluding carboxylic acids is 1. The summed E-state index contributed by atoms with van der Waals surface area (Å²) >= 11 is 8.83. The second-order valence-electron chi connectivity index (χ2n) is 5.31. The number of halogens is 3. The maximum absolute atomic E-state index is 11.9. The zero-order valence-electron chi connectivity index (χ0n) is 13.9. The highest BCUT2D eigenvalue weighted by molar-refractivity contribution is 14.1. The Morgan fingerprint density at radius 1 is 0.885 bits per heavy atom. The predicted octanol–water partition coefficient (Wildman–Crippen LogP) is 6.99. The monoisotopic (exact) mass is 586 g/mol. The first kappa shape index (κ1) is 21.1. The van der Waals surface area contributed by atoms with E-state index >= 15 is 0 Å². The molecule has 0 aliphatic heterocycles. The number of esters is 1. The average molecular weight is 588 g/mol. The SMILES string of the molecule is BrCc1ccccc1.O=C(OCc1ccccc1)c1cc(Br)ccc1I. The molecule has 0 fully saturated rings. The van der Waals surface area contributed by atoms with Crippen molar-refractivity contribution in [2.45, 2.75) is 11.9 Å². The van der Waals surface area contributed by atoms with Crippen LogP contribution in [-0.4, -0.2) is 5.97 Å². The van der Waals surface area contributed by atoms with Crippen molar-refractivity contribution in [3.8, 4) is 0 Å². The molecule has 0 spiro atoms. The minimum Gasteiger partial charge on any atom is -0.457 e. The van der Waals surface area contributed by atoms with Crippen molar-refractivity contribution in [3.63, 3.8) is 0 Å². The van der Waals surface area contributed by atoms with E-state index in [0.29, 0.717) is 12.2 Å². The van der Waals surface area contributed by atoms with E-state index < -0.39 is 0 Å². The van der Waals surface area contributed by atoms with Crippen molar-refractivity contribution in [2.24, 2.45) is 0 Å². The van der Waals surface area contributed by atoms with Gasteiger partial charge in [0.25, 0.3) is 0 Å². The van der Waals surface area contributed by atoms with Gasteiger partial charge in [-0.25, -0.2) is 4.79 Å². The minimum atomic E-state index is -0.301. The number of hydrogen-bond acceptors (Lipinski definition) is 2. The van der Waals surface area contributed by atoms with Gasteiger partial charge >= 0.3 is 5.97 Å². The summed E-state index contributed by atoms with van der Waals surface area (Å²) in [5.74, 6) is -0.301. The van der Waals surface area contributed by atoms with Crippen LogP contribution in [0.4, 0.5) is 0 Å². The molecule has 134 valence electrons. The number of alkyl halides is 1. The predicted molar refractivity (Wildman–Crippen MR) is 121 cm³/mol. The molecule has 0 bridgehead atoms. The fourth-order valence-electron chi connectivity index (χ4n) is 2.02. The molecule has 3 aromatic carbocycles. The Balaban J connectivity index is 0.000000254. The molecule has 2 nitrogen and oxygen atoms in total. The zero-order valence-corrected chi connectivity index (χ0v) is 19.2. The fourth-order valence-corrected chi connectivity index (χ4v) is 3.31. The van der Waals surface area contributed by atoms with Crippen LogP contribution in [0, 0.1) is 3.57 Å². The molecule has 0 aromatic heterocycles. The van der Waals surface area contributed by atoms with Gasteiger partial charge in [-0.05, 0) is 51.9 Å². The Morgan fingerprint density at radius 3 is 2.00 bits per heavy atom. The molecule has 3 aromatic rings. The summed E-state index contributed by atoms with van der Waals surface area (Å²) in [7, 11) is 0. The Kier molecular flexibility index (Phi) is 9.36. The molecule has 0 radical (unpaired) electrons. The van der Waals surface area contributed by atoms with Gasteiger partial charge in [-0.2, -0.15) is 0 Å². The van der Waals surface area contributed by atoms with Gasteiger partial charge in [-0.1, -0.05) is 92.5 Å². The number of benzene rings is 3. The van der Waals surface area contributed by atoms with E-state index in [2.05, 4.69) is 66.6 Å². The van der Waals surface area contributed by atoms with Crippen LogP contribution in [0.15, 0.2) is 83.3 Å². The summed E-state index contributed by atoms with van der Waals surface area (Å²) < 4.78 is 7.04. The molecular formula is C21H17Br2IO2. The maximum Gasteiger partial charge on any atom is 0.339 e. The first-order chi connectivity index (χ1) is 12.6. The third-order valence-electron chi connectivity index (χ3n) is 3.36. The van der Waals surface area contributed by atoms with E-state index in [9.17, 15) is 4.79 Å². The summed E-state index contributed by atoms with van der Waals surface area (Å²) in [5, 5.41) is 0.952. The Morgan fingerprint density at radius 2 is 1.46 bits per heavy atom. The summed E-state index contributed by atoms with van der Waals surface area (Å²) in [6.07, 6.45) is 0. The van der Waals surface area contributed by atoms with Crippen LogP contribution in [0.1, 0.15) is 21.5 Å². The van der Waals surface area contributed by atoms with Gasteiger partial charge < -0.3 is 4.74 Å². The molecule has 5 heteroatoms. The average Bonchev–Trinajstić information content (AvgIpc) is 2.70. The van der Waals surface area contributed by atoms with Crippen LogP contribution in [0.2, 0.25) is 0 Å². The lowest BCUT2D eigenvalue weighted by Gasteiger charge is -2.07. The molecule has 0 heterocycles. The summed E-state index contributed by atoms with van der Waals surface area (Å²) in [6, 6.07) is 25.5. The van der Waals surface area contributed by atoms with Crippen LogP contribution < -0.4 is 0 Å². The van der Waals surface area contributed by atoms with Crippen molar-refractivity contribution in [1.82, 2.24) is 0 Å². The summed E-state index contributed by atoms with van der Waals surface area (Å²) in [4.78, 5) is 11.9. The van der Waals surface area contributed by atoms with Crippen LogP contribution in [0.5, 0.6) is 0 Å². The van der Waals surface area contributed by atoms with E-state index in [1.807, 2.05) is 60.7 Å². The number of carbonyl (C=O) groups is 1. The highest BCUT2D eigenvalue weighted by atomic mass is 127. The highest BCUT2D eigenvalue weighted by Gasteiger charge is 2.11. The van der Waals surface area contributed by atoms with E-state index in [4.69, 9.17) is 4.74 Å². The van der Waals surface area contributed by atoms with Crippen LogP contribution in [0.25, 0.3) is 0 Å². The molecule has 0 aliphatic rings. The Bertz CT molecular complexity index is 824. The normalized spacial score (nSPS) is 9.81. The van der Waals surface area contributed by atoms with E-state index in [1.165, 1.54) is 5.56 Å². The largest absolute Gasteiger partial charge is 0.457 e. The minimum absolute atomic E-state index is 0.294. The van der Waals surface area contributed by atoms with Gasteiger partial charge in [0.2, 0.25) is 0 Å². The van der Waals surface area contributed by atoms with Crippen molar-refractivity contribution in [3.05, 3.63) is 104 Å². The molecule has 26 heavy (non-hydrogen) atoms. The standard InChI is InChI=1S/C14H10BrIO2.C7H7Br/c15-11-6-7-13(16)12(8-11)14(17)18-9-10-4-2-1-3-5-10;8-6-7-4-2-1-3-5-7/h1-8H,9H2;1-5H,6H2. The Hall–Kier alpha value is -1.18. The molecule has 0 N–H and O–H groups in total. The summed E-state index contributed by atoms with van der Waals surface area (Å²) in [6.45, 7) is 0.294. The maximum atomic E-state index is 11.9. The van der Waals surface area contributed by atoms with Crippen molar-refractivity contribution < 1.29 is 9.53 Å². The third kappa shape index (κ3) is 7.21. The number of hydrogen-bond donors (Lipinski definition) is 0. The molecular weight excluding hydrogens is 571 g/mol. The topological polar surface area (TPSA) is 26.3 Å². The van der Waals surface area contributed by atoms with Gasteiger partial charge in [0.15, 0.2) is 0 Å². The fraction of sp³-hybridized carbons (Fsp3) is 0.0952. The van der Waals surface area contributed by atoms with Gasteiger partial charge in [-0.15, -0.1) is 0 Å². The first-order valence-corrected chi connectivity index (χ1v) is 10.9. The summed E-state index contributed by atoms with van der Waals surface area (Å²) in [5.41, 5.74) is 2.89. The molecule has 0 atom stereocenters. The quantitative estimate of drug-likeness (QED) is 0.187. The zero-order chi connectivity index (χ0) is 18.8. The molecule has 0 saturated heterocycles. The highest BCUT2D eigenvalue weighted by Crippen LogP contribution is 2.19. The first-order valence-electron chi connectivity index (χ1n) is 7.86. The van der Waals surface area contributed by atoms with Crippen molar-refractivity contribution in [1.29, 1.82) is 0 Å². The van der Waals surface area contributed by atoms with Gasteiger partial charge in [0.1, 0.15) is 6.61 Å². The number of rotatable bonds is 4. The van der Waals surface area contributed by atoms with Gasteiger partial charge in [0.05, 0.1) is 5.56 Å². The second kappa shape index (κ2) is 11.5. The second-order valence-corrected chi connectivity index (χ2v) is 7.94. The van der Waals surface area contributed by atoms with Crippen LogP contribution >= 0.6 is 54.5 Å². The lowest BCUT2D eigenvalue weighted by molar-refractivity contribution is 0.0471. The van der Waals surface area contributed by atoms with Crippen molar-refractivity contribution in [2.75, 3.05) is 0 Å². The van der Waals surface area contributed by atoms with E-state index in [1.54, 1.807) is 6.07 Å². The Labute approximate surface area is 184 Å². The smallest absolute Gasteiger partial charge is 0.339 e. The molecule has 0 amide bonds. The molecule has 3 rings (SSSR count). The third-order valence-corrected chi connectivity index (χ3v) is 5.44.